The van der Waals surface area contributed by atoms with Crippen LogP contribution in [-0.2, 0) is 16.1 Å². The van der Waals surface area contributed by atoms with Crippen molar-refractivity contribution in [1.29, 1.82) is 0 Å². The van der Waals surface area contributed by atoms with Gasteiger partial charge in [0, 0.05) is 23.2 Å². The number of benzene rings is 1. The number of hydrogen-bond donors (Lipinski definition) is 1. The molecule has 2 unspecified atom stereocenters. The monoisotopic (exact) mass is 287 g/mol. The number of carbonyl (C=O) groups is 1. The van der Waals surface area contributed by atoms with Crippen LogP contribution in [0.3, 0.4) is 0 Å². The Kier molecular flexibility index (Phi) is 4.39. The molecule has 0 radical (unpaired) electrons. The molecule has 2 atom stereocenters. The summed E-state index contributed by atoms with van der Waals surface area (Å²) in [5.41, 5.74) is 0.378. The van der Waals surface area contributed by atoms with E-state index in [9.17, 15) is 9.18 Å². The van der Waals surface area contributed by atoms with E-state index in [2.05, 4.69) is 0 Å². The summed E-state index contributed by atoms with van der Waals surface area (Å²) in [5.74, 6) is -1.87. The van der Waals surface area contributed by atoms with Gasteiger partial charge in [-0.1, -0.05) is 17.7 Å². The van der Waals surface area contributed by atoms with Gasteiger partial charge >= 0.3 is 5.97 Å². The molecule has 1 saturated heterocycles. The summed E-state index contributed by atoms with van der Waals surface area (Å²) in [7, 11) is 1.75. The average molecular weight is 288 g/mol. The molecule has 1 N–H and O–H groups in total. The van der Waals surface area contributed by atoms with Gasteiger partial charge in [-0.25, -0.2) is 4.39 Å². The zero-order valence-corrected chi connectivity index (χ0v) is 11.2. The summed E-state index contributed by atoms with van der Waals surface area (Å²) in [4.78, 5) is 12.9. The van der Waals surface area contributed by atoms with Gasteiger partial charge in [-0.2, -0.15) is 0 Å². The Balaban J connectivity index is 2.13. The third-order valence-electron chi connectivity index (χ3n) is 3.40. The lowest BCUT2D eigenvalue weighted by molar-refractivity contribution is -0.143. The molecule has 0 aromatic heterocycles. The second-order valence-electron chi connectivity index (χ2n) is 4.66. The van der Waals surface area contributed by atoms with E-state index in [1.807, 2.05) is 0 Å². The van der Waals surface area contributed by atoms with Crippen LogP contribution in [-0.4, -0.2) is 42.3 Å². The molecule has 1 fully saturated rings. The summed E-state index contributed by atoms with van der Waals surface area (Å²) in [6.45, 7) is 0.776. The number of aliphatic carboxylic acids is 1. The Morgan fingerprint density at radius 2 is 2.32 bits per heavy atom. The number of hydrogen-bond acceptors (Lipinski definition) is 3. The van der Waals surface area contributed by atoms with Crippen LogP contribution in [0.4, 0.5) is 4.39 Å². The highest BCUT2D eigenvalue weighted by molar-refractivity contribution is 6.31. The summed E-state index contributed by atoms with van der Waals surface area (Å²) in [6, 6.07) is 4.23. The predicted molar refractivity (Wildman–Crippen MR) is 68.6 cm³/mol. The fourth-order valence-electron chi connectivity index (χ4n) is 2.26. The Hall–Kier alpha value is -1.17. The van der Waals surface area contributed by atoms with E-state index in [-0.39, 0.29) is 25.0 Å². The number of halogens is 2. The molecule has 0 aliphatic carbocycles. The average Bonchev–Trinajstić information content (AvgIpc) is 2.83. The van der Waals surface area contributed by atoms with Crippen molar-refractivity contribution in [2.75, 3.05) is 20.3 Å². The van der Waals surface area contributed by atoms with Crippen LogP contribution in [0.15, 0.2) is 18.2 Å². The van der Waals surface area contributed by atoms with Crippen LogP contribution in [0.25, 0.3) is 0 Å². The van der Waals surface area contributed by atoms with Gasteiger partial charge in [0.05, 0.1) is 19.1 Å². The normalized spacial score (nSPS) is 22.9. The molecule has 0 bridgehead atoms. The van der Waals surface area contributed by atoms with Crippen molar-refractivity contribution in [1.82, 2.24) is 4.90 Å². The van der Waals surface area contributed by atoms with Gasteiger partial charge in [-0.3, -0.25) is 9.69 Å². The van der Waals surface area contributed by atoms with Gasteiger partial charge in [-0.15, -0.1) is 0 Å². The lowest BCUT2D eigenvalue weighted by atomic mass is 10.0. The summed E-state index contributed by atoms with van der Waals surface area (Å²) < 4.78 is 18.9. The molecule has 19 heavy (non-hydrogen) atoms. The number of likely N-dealkylation sites (N-methyl/N-ethyl adjacent to an activating group) is 1. The van der Waals surface area contributed by atoms with Crippen LogP contribution in [0.1, 0.15) is 5.56 Å². The zero-order chi connectivity index (χ0) is 14.0. The predicted octanol–water partition coefficient (Wildman–Crippen LogP) is 2.01. The van der Waals surface area contributed by atoms with E-state index in [4.69, 9.17) is 21.4 Å². The number of ether oxygens (including phenoxy) is 1. The molecule has 1 heterocycles. The minimum absolute atomic E-state index is 0.190. The van der Waals surface area contributed by atoms with Crippen LogP contribution in [0.2, 0.25) is 5.02 Å². The maximum atomic E-state index is 13.7. The fraction of sp³-hybridized carbons (Fsp3) is 0.462. The van der Waals surface area contributed by atoms with Gasteiger partial charge in [-0.05, 0) is 19.2 Å². The standard InChI is InChI=1S/C13H15ClFNO3/c1-16(12-7-19-6-9(12)13(17)18)5-8-10(14)3-2-4-11(8)15/h2-4,9,12H,5-7H2,1H3,(H,17,18). The molecule has 1 aliphatic heterocycles. The third-order valence-corrected chi connectivity index (χ3v) is 3.76. The zero-order valence-electron chi connectivity index (χ0n) is 10.5. The smallest absolute Gasteiger partial charge is 0.310 e. The minimum Gasteiger partial charge on any atom is -0.481 e. The van der Waals surface area contributed by atoms with E-state index in [0.29, 0.717) is 17.2 Å². The fourth-order valence-corrected chi connectivity index (χ4v) is 2.49. The maximum Gasteiger partial charge on any atom is 0.310 e. The highest BCUT2D eigenvalue weighted by atomic mass is 35.5. The maximum absolute atomic E-state index is 13.7. The second kappa shape index (κ2) is 5.86. The largest absolute Gasteiger partial charge is 0.481 e. The SMILES string of the molecule is CN(Cc1c(F)cccc1Cl)C1COCC1C(=O)O. The molecule has 1 aromatic carbocycles. The number of rotatable bonds is 4. The molecule has 2 rings (SSSR count). The van der Waals surface area contributed by atoms with Gasteiger partial charge in [0.15, 0.2) is 0 Å². The molecule has 1 aromatic rings. The van der Waals surface area contributed by atoms with Crippen LogP contribution in [0.5, 0.6) is 0 Å². The summed E-state index contributed by atoms with van der Waals surface area (Å²) in [5, 5.41) is 9.45. The van der Waals surface area contributed by atoms with Gasteiger partial charge in [0.1, 0.15) is 5.82 Å². The van der Waals surface area contributed by atoms with E-state index in [0.717, 1.165) is 0 Å². The van der Waals surface area contributed by atoms with Gasteiger partial charge < -0.3 is 9.84 Å². The Morgan fingerprint density at radius 1 is 1.58 bits per heavy atom. The van der Waals surface area contributed by atoms with E-state index < -0.39 is 11.9 Å². The highest BCUT2D eigenvalue weighted by Crippen LogP contribution is 2.25. The lowest BCUT2D eigenvalue weighted by Crippen LogP contribution is -2.40. The molecular formula is C13H15ClFNO3. The van der Waals surface area contributed by atoms with Crippen molar-refractivity contribution in [3.63, 3.8) is 0 Å². The number of nitrogens with zero attached hydrogens (tertiary/aromatic N) is 1. The molecule has 0 amide bonds. The molecule has 0 spiro atoms. The first-order valence-electron chi connectivity index (χ1n) is 5.94. The summed E-state index contributed by atoms with van der Waals surface area (Å²) >= 11 is 5.96. The first-order chi connectivity index (χ1) is 9.00. The van der Waals surface area contributed by atoms with Gasteiger partial charge in [0.2, 0.25) is 0 Å². The van der Waals surface area contributed by atoms with Crippen LogP contribution >= 0.6 is 11.6 Å². The third kappa shape index (κ3) is 3.05. The molecule has 104 valence electrons. The number of carboxylic acids is 1. The summed E-state index contributed by atoms with van der Waals surface area (Å²) in [6.07, 6.45) is 0. The van der Waals surface area contributed by atoms with E-state index in [1.165, 1.54) is 6.07 Å². The van der Waals surface area contributed by atoms with Crippen molar-refractivity contribution >= 4 is 17.6 Å². The lowest BCUT2D eigenvalue weighted by Gasteiger charge is -2.26. The number of carboxylic acid groups (broad SMARTS) is 1. The first kappa shape index (κ1) is 14.2. The van der Waals surface area contributed by atoms with Crippen molar-refractivity contribution in [3.8, 4) is 0 Å². The van der Waals surface area contributed by atoms with Crippen LogP contribution in [0, 0.1) is 11.7 Å². The molecule has 0 saturated carbocycles. The van der Waals surface area contributed by atoms with E-state index in [1.54, 1.807) is 24.1 Å². The topological polar surface area (TPSA) is 49.8 Å². The molecule has 4 nitrogen and oxygen atoms in total. The quantitative estimate of drug-likeness (QED) is 0.920. The Bertz CT molecular complexity index is 463. The molecule has 6 heteroatoms. The molecule has 1 aliphatic rings. The molecular weight excluding hydrogens is 273 g/mol. The van der Waals surface area contributed by atoms with Crippen molar-refractivity contribution in [2.24, 2.45) is 5.92 Å². The van der Waals surface area contributed by atoms with Crippen molar-refractivity contribution in [2.45, 2.75) is 12.6 Å². The Labute approximate surface area is 115 Å². The van der Waals surface area contributed by atoms with Gasteiger partial charge in [0.25, 0.3) is 0 Å². The van der Waals surface area contributed by atoms with Crippen molar-refractivity contribution < 1.29 is 19.0 Å². The van der Waals surface area contributed by atoms with Crippen molar-refractivity contribution in [3.05, 3.63) is 34.6 Å². The highest BCUT2D eigenvalue weighted by Gasteiger charge is 2.36. The first-order valence-corrected chi connectivity index (χ1v) is 6.32. The minimum atomic E-state index is -0.894. The van der Waals surface area contributed by atoms with Crippen LogP contribution < -0.4 is 0 Å². The Morgan fingerprint density at radius 3 is 2.95 bits per heavy atom. The second-order valence-corrected chi connectivity index (χ2v) is 5.07. The van der Waals surface area contributed by atoms with E-state index >= 15 is 0 Å².